The number of aliphatic hydroxyl groups is 2. The SMILES string of the molecule is CC(C)CC[C@]12O[C@@H](n3ccc(=O)[nH]c3=O)[C@H](F)[C@@]1(O)C2O. The van der Waals surface area contributed by atoms with Gasteiger partial charge in [-0.05, 0) is 18.8 Å². The number of nitrogens with zero attached hydrogens (tertiary/aromatic N) is 1. The minimum atomic E-state index is -2.01. The van der Waals surface area contributed by atoms with Crippen molar-refractivity contribution in [3.63, 3.8) is 0 Å². The van der Waals surface area contributed by atoms with Crippen LogP contribution in [0.2, 0.25) is 0 Å². The molecule has 2 heterocycles. The van der Waals surface area contributed by atoms with Gasteiger partial charge in [-0.15, -0.1) is 0 Å². The molecule has 8 heteroatoms. The molecule has 2 aliphatic rings. The summed E-state index contributed by atoms with van der Waals surface area (Å²) in [6.07, 6.45) is -2.60. The summed E-state index contributed by atoms with van der Waals surface area (Å²) in [6, 6.07) is 1.07. The molecule has 0 aromatic carbocycles. The third-order valence-electron chi connectivity index (χ3n) is 4.67. The van der Waals surface area contributed by atoms with Crippen molar-refractivity contribution in [3.8, 4) is 0 Å². The van der Waals surface area contributed by atoms with Crippen molar-refractivity contribution in [3.05, 3.63) is 33.1 Å². The molecule has 22 heavy (non-hydrogen) atoms. The first-order valence-corrected chi connectivity index (χ1v) is 7.28. The standard InChI is InChI=1S/C14H19FN2O5/c1-7(2)3-5-13-11(19)14(13,21)9(15)10(22-13)17-6-4-8(18)16-12(17)20/h4,6-7,9-11,19,21H,3,5H2,1-2H3,(H,16,18,20)/t9-,10+,11?,13+,14+/m0/s1. The molecule has 0 spiro atoms. The van der Waals surface area contributed by atoms with Crippen molar-refractivity contribution in [2.45, 2.75) is 56.4 Å². The smallest absolute Gasteiger partial charge is 0.330 e. The summed E-state index contributed by atoms with van der Waals surface area (Å²) >= 11 is 0. The van der Waals surface area contributed by atoms with Crippen LogP contribution in [-0.2, 0) is 4.74 Å². The monoisotopic (exact) mass is 314 g/mol. The Labute approximate surface area is 125 Å². The van der Waals surface area contributed by atoms with Gasteiger partial charge in [0.1, 0.15) is 11.7 Å². The third-order valence-corrected chi connectivity index (χ3v) is 4.67. The number of halogens is 1. The zero-order valence-corrected chi connectivity index (χ0v) is 12.3. The Bertz CT molecular complexity index is 701. The van der Waals surface area contributed by atoms with Gasteiger partial charge in [-0.3, -0.25) is 14.3 Å². The number of hydrogen-bond donors (Lipinski definition) is 3. The normalized spacial score (nSPS) is 40.0. The van der Waals surface area contributed by atoms with Crippen LogP contribution in [0.1, 0.15) is 32.9 Å². The molecule has 1 aliphatic heterocycles. The van der Waals surface area contributed by atoms with E-state index >= 15 is 0 Å². The fourth-order valence-electron chi connectivity index (χ4n) is 3.25. The number of nitrogens with one attached hydrogen (secondary N) is 1. The van der Waals surface area contributed by atoms with Crippen LogP contribution in [0.3, 0.4) is 0 Å². The molecule has 0 amide bonds. The van der Waals surface area contributed by atoms with Crippen LogP contribution in [0.25, 0.3) is 0 Å². The van der Waals surface area contributed by atoms with Gasteiger partial charge in [0.2, 0.25) is 0 Å². The minimum Gasteiger partial charge on any atom is -0.387 e. The van der Waals surface area contributed by atoms with Gasteiger partial charge in [-0.1, -0.05) is 13.8 Å². The highest BCUT2D eigenvalue weighted by atomic mass is 19.1. The fourth-order valence-corrected chi connectivity index (χ4v) is 3.25. The molecule has 1 saturated carbocycles. The topological polar surface area (TPSA) is 105 Å². The van der Waals surface area contributed by atoms with E-state index in [1.54, 1.807) is 0 Å². The number of hydrogen-bond acceptors (Lipinski definition) is 5. The predicted molar refractivity (Wildman–Crippen MR) is 74.1 cm³/mol. The summed E-state index contributed by atoms with van der Waals surface area (Å²) in [5.41, 5.74) is -4.83. The molecular formula is C14H19FN2O5. The quantitative estimate of drug-likeness (QED) is 0.707. The maximum atomic E-state index is 14.6. The molecule has 1 unspecified atom stereocenters. The van der Waals surface area contributed by atoms with E-state index in [4.69, 9.17) is 4.74 Å². The number of aliphatic hydroxyl groups excluding tert-OH is 1. The average Bonchev–Trinajstić information content (AvgIpc) is 2.79. The first kappa shape index (κ1) is 15.4. The largest absolute Gasteiger partial charge is 0.387 e. The number of ether oxygens (including phenoxy) is 1. The van der Waals surface area contributed by atoms with Gasteiger partial charge in [0, 0.05) is 12.3 Å². The van der Waals surface area contributed by atoms with Crippen molar-refractivity contribution < 1.29 is 19.3 Å². The molecule has 0 bridgehead atoms. The summed E-state index contributed by atoms with van der Waals surface area (Å²) < 4.78 is 21.1. The van der Waals surface area contributed by atoms with Crippen LogP contribution in [0, 0.1) is 5.92 Å². The van der Waals surface area contributed by atoms with Crippen molar-refractivity contribution in [2.24, 2.45) is 5.92 Å². The molecule has 1 aromatic rings. The van der Waals surface area contributed by atoms with E-state index in [1.807, 2.05) is 18.8 Å². The van der Waals surface area contributed by atoms with Gasteiger partial charge in [0.05, 0.1) is 0 Å². The Hall–Kier alpha value is -1.51. The van der Waals surface area contributed by atoms with Crippen molar-refractivity contribution in [1.29, 1.82) is 0 Å². The molecule has 2 fully saturated rings. The van der Waals surface area contributed by atoms with Crippen LogP contribution >= 0.6 is 0 Å². The zero-order chi connectivity index (χ0) is 16.3. The summed E-state index contributed by atoms with van der Waals surface area (Å²) in [6.45, 7) is 3.94. The second-order valence-electron chi connectivity index (χ2n) is 6.48. The van der Waals surface area contributed by atoms with E-state index in [0.717, 1.165) is 16.8 Å². The van der Waals surface area contributed by atoms with E-state index < -0.39 is 41.0 Å². The summed E-state index contributed by atoms with van der Waals surface area (Å²) in [7, 11) is 0. The summed E-state index contributed by atoms with van der Waals surface area (Å²) in [5.74, 6) is 0.294. The Kier molecular flexibility index (Phi) is 3.32. The highest BCUT2D eigenvalue weighted by Crippen LogP contribution is 2.65. The van der Waals surface area contributed by atoms with Crippen molar-refractivity contribution in [2.75, 3.05) is 0 Å². The first-order chi connectivity index (χ1) is 10.2. The molecular weight excluding hydrogens is 295 g/mol. The molecule has 1 saturated heterocycles. The zero-order valence-electron chi connectivity index (χ0n) is 12.3. The van der Waals surface area contributed by atoms with Crippen LogP contribution in [0.15, 0.2) is 21.9 Å². The number of H-pyrrole nitrogens is 1. The average molecular weight is 314 g/mol. The third kappa shape index (κ3) is 1.84. The van der Waals surface area contributed by atoms with Crippen LogP contribution in [0.5, 0.6) is 0 Å². The summed E-state index contributed by atoms with van der Waals surface area (Å²) in [5, 5.41) is 20.4. The molecule has 0 radical (unpaired) electrons. The van der Waals surface area contributed by atoms with Crippen molar-refractivity contribution >= 4 is 0 Å². The highest BCUT2D eigenvalue weighted by Gasteiger charge is 2.87. The molecule has 122 valence electrons. The van der Waals surface area contributed by atoms with E-state index in [0.29, 0.717) is 12.3 Å². The maximum Gasteiger partial charge on any atom is 0.330 e. The van der Waals surface area contributed by atoms with Crippen LogP contribution in [-0.4, -0.2) is 43.2 Å². The number of rotatable bonds is 4. The van der Waals surface area contributed by atoms with Gasteiger partial charge >= 0.3 is 5.69 Å². The maximum absolute atomic E-state index is 14.6. The second-order valence-corrected chi connectivity index (χ2v) is 6.48. The predicted octanol–water partition coefficient (Wildman–Crippen LogP) is -0.316. The fraction of sp³-hybridized carbons (Fsp3) is 0.714. The van der Waals surface area contributed by atoms with Crippen LogP contribution in [0.4, 0.5) is 4.39 Å². The molecule has 3 N–H and O–H groups in total. The van der Waals surface area contributed by atoms with Gasteiger partial charge < -0.3 is 14.9 Å². The molecule has 1 aromatic heterocycles. The lowest BCUT2D eigenvalue weighted by Gasteiger charge is -2.22. The van der Waals surface area contributed by atoms with E-state index in [9.17, 15) is 24.2 Å². The van der Waals surface area contributed by atoms with E-state index in [1.165, 1.54) is 0 Å². The number of fused-ring (bicyclic) bond motifs is 1. The van der Waals surface area contributed by atoms with E-state index in [2.05, 4.69) is 0 Å². The lowest BCUT2D eigenvalue weighted by Crippen LogP contribution is -2.39. The van der Waals surface area contributed by atoms with Gasteiger partial charge in [-0.2, -0.15) is 0 Å². The first-order valence-electron chi connectivity index (χ1n) is 7.28. The van der Waals surface area contributed by atoms with Gasteiger partial charge in [0.25, 0.3) is 5.56 Å². The Morgan fingerprint density at radius 2 is 2.18 bits per heavy atom. The lowest BCUT2D eigenvalue weighted by atomic mass is 10.0. The van der Waals surface area contributed by atoms with E-state index in [-0.39, 0.29) is 6.42 Å². The van der Waals surface area contributed by atoms with Crippen molar-refractivity contribution in [1.82, 2.24) is 9.55 Å². The second kappa shape index (κ2) is 4.74. The number of alkyl halides is 1. The Morgan fingerprint density at radius 1 is 1.50 bits per heavy atom. The minimum absolute atomic E-state index is 0.289. The van der Waals surface area contributed by atoms with Gasteiger partial charge in [0.15, 0.2) is 18.0 Å². The molecule has 3 rings (SSSR count). The van der Waals surface area contributed by atoms with Crippen LogP contribution < -0.4 is 11.2 Å². The Balaban J connectivity index is 1.92. The molecule has 1 aliphatic carbocycles. The Morgan fingerprint density at radius 3 is 2.77 bits per heavy atom. The summed E-state index contributed by atoms with van der Waals surface area (Å²) in [4.78, 5) is 24.9. The molecule has 7 nitrogen and oxygen atoms in total. The van der Waals surface area contributed by atoms with Gasteiger partial charge in [-0.25, -0.2) is 9.18 Å². The highest BCUT2D eigenvalue weighted by molar-refractivity contribution is 5.35. The number of aromatic nitrogens is 2. The lowest BCUT2D eigenvalue weighted by molar-refractivity contribution is -0.0966. The molecule has 5 atom stereocenters. The number of aromatic amines is 1.